The molecule has 2 aromatic rings. The van der Waals surface area contributed by atoms with Crippen molar-refractivity contribution in [3.63, 3.8) is 0 Å². The third-order valence-corrected chi connectivity index (χ3v) is 3.52. The Balaban J connectivity index is 2.12. The van der Waals surface area contributed by atoms with Gasteiger partial charge in [0.15, 0.2) is 0 Å². The van der Waals surface area contributed by atoms with Crippen molar-refractivity contribution in [2.24, 2.45) is 0 Å². The zero-order valence-corrected chi connectivity index (χ0v) is 13.7. The van der Waals surface area contributed by atoms with E-state index >= 15 is 0 Å². The molecule has 1 N–H and O–H groups in total. The topological polar surface area (TPSA) is 52.6 Å². The molecular weight excluding hydrogens is 336 g/mol. The molecule has 0 saturated heterocycles. The molecule has 0 saturated carbocycles. The summed E-state index contributed by atoms with van der Waals surface area (Å²) in [7, 11) is 4.89. The maximum Gasteiger partial charge on any atom is 0.138 e. The molecule has 0 aliphatic rings. The fourth-order valence-electron chi connectivity index (χ4n) is 1.83. The molecule has 0 aliphatic heterocycles. The molecule has 5 nitrogen and oxygen atoms in total. The van der Waals surface area contributed by atoms with Crippen LogP contribution in [0, 0.1) is 0 Å². The second-order valence-corrected chi connectivity index (χ2v) is 5.13. The number of benzene rings is 1. The first-order valence-corrected chi connectivity index (χ1v) is 7.11. The SMILES string of the molecule is COc1cc(CNc2cc(OC)c(Br)cn2)cc(OC)c1. The number of rotatable bonds is 6. The van der Waals surface area contributed by atoms with Crippen molar-refractivity contribution in [2.45, 2.75) is 6.54 Å². The van der Waals surface area contributed by atoms with E-state index < -0.39 is 0 Å². The molecular formula is C15H17BrN2O3. The summed E-state index contributed by atoms with van der Waals surface area (Å²) in [5.41, 5.74) is 1.04. The molecule has 2 rings (SSSR count). The monoisotopic (exact) mass is 352 g/mol. The van der Waals surface area contributed by atoms with Crippen LogP contribution in [0.15, 0.2) is 34.9 Å². The Morgan fingerprint density at radius 1 is 1.00 bits per heavy atom. The van der Waals surface area contributed by atoms with Crippen LogP contribution in [0.1, 0.15) is 5.56 Å². The van der Waals surface area contributed by atoms with Gasteiger partial charge in [0.1, 0.15) is 23.1 Å². The molecule has 0 fully saturated rings. The lowest BCUT2D eigenvalue weighted by Gasteiger charge is -2.11. The van der Waals surface area contributed by atoms with E-state index in [9.17, 15) is 0 Å². The average Bonchev–Trinajstić information content (AvgIpc) is 2.53. The Morgan fingerprint density at radius 2 is 1.67 bits per heavy atom. The van der Waals surface area contributed by atoms with E-state index in [1.807, 2.05) is 24.3 Å². The first kappa shape index (κ1) is 15.4. The fraction of sp³-hybridized carbons (Fsp3) is 0.267. The largest absolute Gasteiger partial charge is 0.497 e. The third-order valence-electron chi connectivity index (χ3n) is 2.92. The minimum Gasteiger partial charge on any atom is -0.497 e. The number of nitrogens with one attached hydrogen (secondary N) is 1. The molecule has 0 bridgehead atoms. The van der Waals surface area contributed by atoms with Crippen LogP contribution in [0.25, 0.3) is 0 Å². The fourth-order valence-corrected chi connectivity index (χ4v) is 2.21. The quantitative estimate of drug-likeness (QED) is 0.862. The average molecular weight is 353 g/mol. The van der Waals surface area contributed by atoms with Gasteiger partial charge in [0, 0.05) is 24.9 Å². The van der Waals surface area contributed by atoms with Gasteiger partial charge in [-0.3, -0.25) is 0 Å². The number of hydrogen-bond acceptors (Lipinski definition) is 5. The highest BCUT2D eigenvalue weighted by molar-refractivity contribution is 9.10. The van der Waals surface area contributed by atoms with Crippen LogP contribution < -0.4 is 19.5 Å². The molecule has 0 spiro atoms. The van der Waals surface area contributed by atoms with Crippen LogP contribution in [0.3, 0.4) is 0 Å². The Labute approximate surface area is 132 Å². The number of hydrogen-bond donors (Lipinski definition) is 1. The summed E-state index contributed by atoms with van der Waals surface area (Å²) in [6, 6.07) is 7.57. The standard InChI is InChI=1S/C15H17BrN2O3/c1-19-11-4-10(5-12(6-11)20-2)8-17-15-7-14(21-3)13(16)9-18-15/h4-7,9H,8H2,1-3H3,(H,17,18). The molecule has 0 amide bonds. The molecule has 6 heteroatoms. The van der Waals surface area contributed by atoms with Crippen molar-refractivity contribution in [1.82, 2.24) is 4.98 Å². The number of aromatic nitrogens is 1. The van der Waals surface area contributed by atoms with Gasteiger partial charge in [0.2, 0.25) is 0 Å². The second kappa shape index (κ2) is 7.17. The van der Waals surface area contributed by atoms with Crippen LogP contribution in [-0.2, 0) is 6.54 Å². The number of methoxy groups -OCH3 is 3. The van der Waals surface area contributed by atoms with E-state index in [0.717, 1.165) is 33.1 Å². The number of halogens is 1. The minimum atomic E-state index is 0.603. The zero-order valence-electron chi connectivity index (χ0n) is 12.1. The van der Waals surface area contributed by atoms with Crippen molar-refractivity contribution in [1.29, 1.82) is 0 Å². The van der Waals surface area contributed by atoms with Crippen LogP contribution >= 0.6 is 15.9 Å². The predicted octanol–water partition coefficient (Wildman–Crippen LogP) is 3.48. The van der Waals surface area contributed by atoms with E-state index in [2.05, 4.69) is 26.2 Å². The number of anilines is 1. The van der Waals surface area contributed by atoms with Gasteiger partial charge in [-0.2, -0.15) is 0 Å². The third kappa shape index (κ3) is 4.01. The van der Waals surface area contributed by atoms with Crippen LogP contribution in [0.4, 0.5) is 5.82 Å². The molecule has 0 unspecified atom stereocenters. The van der Waals surface area contributed by atoms with E-state index in [1.165, 1.54) is 0 Å². The molecule has 1 heterocycles. The summed E-state index contributed by atoms with van der Waals surface area (Å²) in [5.74, 6) is 2.98. The lowest BCUT2D eigenvalue weighted by molar-refractivity contribution is 0.393. The summed E-state index contributed by atoms with van der Waals surface area (Å²) in [5, 5.41) is 3.24. The number of nitrogens with zero attached hydrogens (tertiary/aromatic N) is 1. The van der Waals surface area contributed by atoms with E-state index in [0.29, 0.717) is 6.54 Å². The van der Waals surface area contributed by atoms with E-state index in [4.69, 9.17) is 14.2 Å². The summed E-state index contributed by atoms with van der Waals surface area (Å²) in [6.07, 6.45) is 1.70. The van der Waals surface area contributed by atoms with E-state index in [1.54, 1.807) is 27.5 Å². The van der Waals surface area contributed by atoms with Crippen molar-refractivity contribution in [3.05, 3.63) is 40.5 Å². The van der Waals surface area contributed by atoms with Gasteiger partial charge in [-0.1, -0.05) is 0 Å². The Hall–Kier alpha value is -1.95. The lowest BCUT2D eigenvalue weighted by Crippen LogP contribution is -2.02. The van der Waals surface area contributed by atoms with Crippen LogP contribution in [0.5, 0.6) is 17.2 Å². The first-order valence-electron chi connectivity index (χ1n) is 6.31. The van der Waals surface area contributed by atoms with Crippen molar-refractivity contribution in [3.8, 4) is 17.2 Å². The highest BCUT2D eigenvalue weighted by atomic mass is 79.9. The van der Waals surface area contributed by atoms with Gasteiger partial charge in [-0.05, 0) is 33.6 Å². The Kier molecular flexibility index (Phi) is 5.27. The van der Waals surface area contributed by atoms with Crippen molar-refractivity contribution < 1.29 is 14.2 Å². The Bertz CT molecular complexity index is 598. The number of pyridine rings is 1. The molecule has 1 aromatic heterocycles. The summed E-state index contributed by atoms with van der Waals surface area (Å²) in [4.78, 5) is 4.29. The minimum absolute atomic E-state index is 0.603. The van der Waals surface area contributed by atoms with Crippen LogP contribution in [-0.4, -0.2) is 26.3 Å². The summed E-state index contributed by atoms with van der Waals surface area (Å²) >= 11 is 3.38. The zero-order chi connectivity index (χ0) is 15.2. The molecule has 1 aromatic carbocycles. The molecule has 112 valence electrons. The summed E-state index contributed by atoms with van der Waals surface area (Å²) < 4.78 is 16.6. The van der Waals surface area contributed by atoms with Gasteiger partial charge in [-0.15, -0.1) is 0 Å². The van der Waals surface area contributed by atoms with Gasteiger partial charge in [0.25, 0.3) is 0 Å². The maximum absolute atomic E-state index is 5.25. The van der Waals surface area contributed by atoms with Crippen LogP contribution in [0.2, 0.25) is 0 Å². The van der Waals surface area contributed by atoms with Crippen molar-refractivity contribution >= 4 is 21.7 Å². The molecule has 0 aliphatic carbocycles. The normalized spacial score (nSPS) is 10.1. The highest BCUT2D eigenvalue weighted by Crippen LogP contribution is 2.27. The van der Waals surface area contributed by atoms with Gasteiger partial charge in [-0.25, -0.2) is 4.98 Å². The highest BCUT2D eigenvalue weighted by Gasteiger charge is 2.05. The number of ether oxygens (including phenoxy) is 3. The van der Waals surface area contributed by atoms with Gasteiger partial charge < -0.3 is 19.5 Å². The second-order valence-electron chi connectivity index (χ2n) is 4.28. The predicted molar refractivity (Wildman–Crippen MR) is 85.4 cm³/mol. The van der Waals surface area contributed by atoms with Gasteiger partial charge >= 0.3 is 0 Å². The van der Waals surface area contributed by atoms with E-state index in [-0.39, 0.29) is 0 Å². The Morgan fingerprint density at radius 3 is 2.24 bits per heavy atom. The smallest absolute Gasteiger partial charge is 0.138 e. The molecule has 21 heavy (non-hydrogen) atoms. The molecule has 0 atom stereocenters. The molecule has 0 radical (unpaired) electrons. The van der Waals surface area contributed by atoms with Gasteiger partial charge in [0.05, 0.1) is 25.8 Å². The maximum atomic E-state index is 5.25. The lowest BCUT2D eigenvalue weighted by atomic mass is 10.2. The summed E-state index contributed by atoms with van der Waals surface area (Å²) in [6.45, 7) is 0.603. The van der Waals surface area contributed by atoms with Crippen molar-refractivity contribution in [2.75, 3.05) is 26.6 Å². The first-order chi connectivity index (χ1) is 10.2.